The van der Waals surface area contributed by atoms with E-state index in [1.807, 2.05) is 6.92 Å². The van der Waals surface area contributed by atoms with E-state index >= 15 is 0 Å². The number of rotatable bonds is 9. The Kier molecular flexibility index (Phi) is 8.90. The Morgan fingerprint density at radius 3 is 2.00 bits per heavy atom. The van der Waals surface area contributed by atoms with Crippen molar-refractivity contribution in [3.8, 4) is 0 Å². The summed E-state index contributed by atoms with van der Waals surface area (Å²) < 4.78 is 10.8. The minimum absolute atomic E-state index is 0.740. The van der Waals surface area contributed by atoms with Crippen LogP contribution in [-0.4, -0.2) is 35.0 Å². The van der Waals surface area contributed by atoms with Gasteiger partial charge >= 0.3 is 0 Å². The Bertz CT molecular complexity index is 190. The molecule has 0 heterocycles. The molecule has 0 unspecified atom stereocenters. The average Bonchev–Trinajstić information content (AvgIpc) is 2.32. The fourth-order valence-corrected chi connectivity index (χ4v) is 6.12. The number of methoxy groups -OCH3 is 1. The van der Waals surface area contributed by atoms with Crippen LogP contribution >= 0.6 is 0 Å². The predicted octanol–water partition coefficient (Wildman–Crippen LogP) is 3.64. The Morgan fingerprint density at radius 2 is 1.62 bits per heavy atom. The second-order valence-corrected chi connectivity index (χ2v) is 9.49. The summed E-state index contributed by atoms with van der Waals surface area (Å²) >= 11 is 0. The van der Waals surface area contributed by atoms with Crippen molar-refractivity contribution in [2.24, 2.45) is 0 Å². The Hall–Kier alpha value is -0.123. The van der Waals surface area contributed by atoms with Gasteiger partial charge in [-0.1, -0.05) is 50.2 Å². The largest absolute Gasteiger partial charge is 0.381 e. The van der Waals surface area contributed by atoms with E-state index in [4.69, 9.17) is 9.47 Å². The van der Waals surface area contributed by atoms with E-state index in [1.54, 1.807) is 7.11 Å². The second-order valence-electron chi connectivity index (χ2n) is 4.16. The van der Waals surface area contributed by atoms with Crippen LogP contribution in [0.5, 0.6) is 0 Å². The van der Waals surface area contributed by atoms with Crippen LogP contribution in [0.4, 0.5) is 0 Å². The third-order valence-electron chi connectivity index (χ3n) is 3.66. The van der Waals surface area contributed by atoms with Crippen LogP contribution in [0.2, 0.25) is 18.1 Å². The summed E-state index contributed by atoms with van der Waals surface area (Å²) in [5.74, 6) is 0. The van der Waals surface area contributed by atoms with E-state index in [0.717, 1.165) is 19.8 Å². The zero-order valence-corrected chi connectivity index (χ0v) is 12.6. The first-order valence-corrected chi connectivity index (χ1v) is 9.09. The van der Waals surface area contributed by atoms with Gasteiger partial charge in [0.05, 0.1) is 21.3 Å². The van der Waals surface area contributed by atoms with Gasteiger partial charge in [0.15, 0.2) is 0 Å². The van der Waals surface area contributed by atoms with Gasteiger partial charge in [-0.2, -0.15) is 0 Å². The fraction of sp³-hybridized carbons (Fsp3) is 0.846. The van der Waals surface area contributed by atoms with Gasteiger partial charge in [-0.3, -0.25) is 0 Å². The van der Waals surface area contributed by atoms with E-state index in [0.29, 0.717) is 0 Å². The minimum Gasteiger partial charge on any atom is -0.381 e. The molecule has 0 rings (SSSR count). The van der Waals surface area contributed by atoms with Crippen LogP contribution in [0, 0.1) is 0 Å². The lowest BCUT2D eigenvalue weighted by atomic mass is 10.5. The van der Waals surface area contributed by atoms with E-state index < -0.39 is 8.07 Å². The maximum absolute atomic E-state index is 5.43. The second kappa shape index (κ2) is 8.96. The molecule has 0 atom stereocenters. The summed E-state index contributed by atoms with van der Waals surface area (Å²) in [7, 11) is 0.525. The molecule has 0 aliphatic rings. The van der Waals surface area contributed by atoms with E-state index in [1.165, 1.54) is 23.3 Å². The Morgan fingerprint density at radius 1 is 1.06 bits per heavy atom. The number of hydrogen-bond donors (Lipinski definition) is 0. The molecule has 96 valence electrons. The van der Waals surface area contributed by atoms with Crippen LogP contribution < -0.4 is 0 Å². The van der Waals surface area contributed by atoms with Gasteiger partial charge in [-0.15, -0.1) is 0 Å². The molecule has 0 spiro atoms. The number of ether oxygens (including phenoxy) is 2. The van der Waals surface area contributed by atoms with Crippen molar-refractivity contribution in [3.63, 3.8) is 0 Å². The van der Waals surface area contributed by atoms with Crippen molar-refractivity contribution in [2.75, 3.05) is 26.9 Å². The summed E-state index contributed by atoms with van der Waals surface area (Å²) in [6.07, 6.45) is 2.27. The molecule has 0 N–H and O–H groups in total. The highest BCUT2D eigenvalue weighted by atomic mass is 28.3. The zero-order valence-electron chi connectivity index (χ0n) is 11.6. The van der Waals surface area contributed by atoms with Crippen molar-refractivity contribution in [1.29, 1.82) is 0 Å². The first kappa shape index (κ1) is 15.9. The van der Waals surface area contributed by atoms with Crippen LogP contribution in [-0.2, 0) is 9.47 Å². The molecule has 0 aliphatic heterocycles. The topological polar surface area (TPSA) is 18.5 Å². The molecule has 2 nitrogen and oxygen atoms in total. The van der Waals surface area contributed by atoms with Gasteiger partial charge < -0.3 is 9.47 Å². The van der Waals surface area contributed by atoms with Gasteiger partial charge in [0.25, 0.3) is 0 Å². The molecule has 0 aliphatic carbocycles. The normalized spacial score (nSPS) is 13.2. The highest BCUT2D eigenvalue weighted by Crippen LogP contribution is 2.28. The molecule has 0 fully saturated rings. The molecule has 0 saturated heterocycles. The smallest absolute Gasteiger partial charge is 0.0834 e. The van der Waals surface area contributed by atoms with Crippen molar-refractivity contribution in [1.82, 2.24) is 0 Å². The highest BCUT2D eigenvalue weighted by molar-refractivity contribution is 6.86. The quantitative estimate of drug-likeness (QED) is 0.455. The Labute approximate surface area is 102 Å². The van der Waals surface area contributed by atoms with Crippen LogP contribution in [0.25, 0.3) is 0 Å². The van der Waals surface area contributed by atoms with Crippen LogP contribution in [0.1, 0.15) is 27.7 Å². The first-order valence-electron chi connectivity index (χ1n) is 6.46. The Balaban J connectivity index is 4.76. The molecule has 0 aromatic heterocycles. The summed E-state index contributed by atoms with van der Waals surface area (Å²) in [4.78, 5) is 0. The van der Waals surface area contributed by atoms with Gasteiger partial charge in [0.2, 0.25) is 0 Å². The lowest BCUT2D eigenvalue weighted by Gasteiger charge is -2.31. The zero-order chi connectivity index (χ0) is 12.4. The summed E-state index contributed by atoms with van der Waals surface area (Å²) in [5.41, 5.74) is 0. The maximum Gasteiger partial charge on any atom is 0.0834 e. The monoisotopic (exact) mass is 244 g/mol. The maximum atomic E-state index is 5.43. The molecule has 16 heavy (non-hydrogen) atoms. The fourth-order valence-electron chi connectivity index (χ4n) is 2.29. The molecule has 0 amide bonds. The molecule has 0 radical (unpaired) electrons. The predicted molar refractivity (Wildman–Crippen MR) is 73.6 cm³/mol. The third kappa shape index (κ3) is 4.40. The van der Waals surface area contributed by atoms with Gasteiger partial charge in [-0.05, 0) is 6.92 Å². The van der Waals surface area contributed by atoms with Crippen LogP contribution in [0.15, 0.2) is 11.3 Å². The van der Waals surface area contributed by atoms with Gasteiger partial charge in [0.1, 0.15) is 0 Å². The molecule has 0 saturated carbocycles. The van der Waals surface area contributed by atoms with Gasteiger partial charge in [0, 0.05) is 13.7 Å². The highest BCUT2D eigenvalue weighted by Gasteiger charge is 2.30. The summed E-state index contributed by atoms with van der Waals surface area (Å²) in [6, 6.07) is 3.92. The lowest BCUT2D eigenvalue weighted by molar-refractivity contribution is 0.175. The SMILES string of the molecule is CCOCC=C(COC)[Si](CC)(CC)CC. The van der Waals surface area contributed by atoms with E-state index in [-0.39, 0.29) is 0 Å². The molecule has 3 heteroatoms. The van der Waals surface area contributed by atoms with Crippen LogP contribution in [0.3, 0.4) is 0 Å². The molecule has 0 bridgehead atoms. The molecular formula is C13H28O2Si. The van der Waals surface area contributed by atoms with Gasteiger partial charge in [-0.25, -0.2) is 0 Å². The van der Waals surface area contributed by atoms with Crippen molar-refractivity contribution >= 4 is 8.07 Å². The summed E-state index contributed by atoms with van der Waals surface area (Å²) in [6.45, 7) is 11.3. The number of hydrogen-bond acceptors (Lipinski definition) is 2. The van der Waals surface area contributed by atoms with E-state index in [9.17, 15) is 0 Å². The molecule has 0 aromatic carbocycles. The molecular weight excluding hydrogens is 216 g/mol. The minimum atomic E-state index is -1.26. The van der Waals surface area contributed by atoms with Crippen molar-refractivity contribution in [2.45, 2.75) is 45.8 Å². The standard InChI is InChI=1S/C13H28O2Si/c1-6-15-11-10-13(12-14-5)16(7-2,8-3)9-4/h10H,6-9,11-12H2,1-5H3. The average molecular weight is 244 g/mol. The van der Waals surface area contributed by atoms with E-state index in [2.05, 4.69) is 26.8 Å². The first-order chi connectivity index (χ1) is 7.70. The molecule has 0 aromatic rings. The summed E-state index contributed by atoms with van der Waals surface area (Å²) in [5, 5.41) is 1.54. The lowest BCUT2D eigenvalue weighted by Crippen LogP contribution is -2.36. The van der Waals surface area contributed by atoms with Crippen molar-refractivity contribution in [3.05, 3.63) is 11.3 Å². The third-order valence-corrected chi connectivity index (χ3v) is 9.43. The van der Waals surface area contributed by atoms with Crippen molar-refractivity contribution < 1.29 is 9.47 Å².